The molecule has 0 unspecified atom stereocenters. The molecule has 58 valence electrons. The van der Waals surface area contributed by atoms with Crippen LogP contribution in [0.1, 0.15) is 20.8 Å². The van der Waals surface area contributed by atoms with Gasteiger partial charge in [-0.2, -0.15) is 0 Å². The molecule has 0 aliphatic rings. The van der Waals surface area contributed by atoms with Crippen LogP contribution in [-0.4, -0.2) is 18.0 Å². The number of hydrogen-bond acceptors (Lipinski definition) is 2. The van der Waals surface area contributed by atoms with E-state index in [0.717, 1.165) is 0 Å². The number of hydrogen-bond donors (Lipinski definition) is 2. The number of urea groups is 1. The number of nitrogens with one attached hydrogen (secondary N) is 2. The van der Waals surface area contributed by atoms with Crippen molar-refractivity contribution in [3.8, 4) is 0 Å². The van der Waals surface area contributed by atoms with E-state index in [9.17, 15) is 9.59 Å². The summed E-state index contributed by atoms with van der Waals surface area (Å²) in [6.45, 7) is 5.49. The quantitative estimate of drug-likeness (QED) is 0.518. The highest BCUT2D eigenvalue weighted by atomic mass is 16.2. The van der Waals surface area contributed by atoms with E-state index >= 15 is 0 Å². The van der Waals surface area contributed by atoms with Gasteiger partial charge in [0.25, 0.3) is 0 Å². The van der Waals surface area contributed by atoms with Crippen molar-refractivity contribution >= 4 is 12.4 Å². The Morgan fingerprint density at radius 3 is 2.20 bits per heavy atom. The third-order valence-electron chi connectivity index (χ3n) is 0.679. The number of carbonyl (C=O) groups is 2. The van der Waals surface area contributed by atoms with Crippen molar-refractivity contribution in [1.82, 2.24) is 10.6 Å². The molecule has 0 saturated carbocycles. The van der Waals surface area contributed by atoms with Gasteiger partial charge in [-0.25, -0.2) is 4.79 Å². The Labute approximate surface area is 60.0 Å². The average Bonchev–Trinajstić information content (AvgIpc) is 1.59. The van der Waals surface area contributed by atoms with Gasteiger partial charge in [0.15, 0.2) is 0 Å². The minimum absolute atomic E-state index is 0.299. The molecule has 4 nitrogen and oxygen atoms in total. The maximum absolute atomic E-state index is 10.6. The Morgan fingerprint density at radius 2 is 1.90 bits per heavy atom. The van der Waals surface area contributed by atoms with Gasteiger partial charge in [0.1, 0.15) is 0 Å². The van der Waals surface area contributed by atoms with E-state index in [-0.39, 0.29) is 5.54 Å². The Morgan fingerprint density at radius 1 is 1.40 bits per heavy atom. The predicted molar refractivity (Wildman–Crippen MR) is 37.5 cm³/mol. The van der Waals surface area contributed by atoms with Gasteiger partial charge in [-0.15, -0.1) is 0 Å². The second-order valence-electron chi connectivity index (χ2n) is 2.97. The van der Waals surface area contributed by atoms with Crippen LogP contribution in [0, 0.1) is 0 Å². The van der Waals surface area contributed by atoms with Crippen LogP contribution in [-0.2, 0) is 4.79 Å². The number of imide groups is 1. The first-order chi connectivity index (χ1) is 4.45. The monoisotopic (exact) mass is 144 g/mol. The van der Waals surface area contributed by atoms with Gasteiger partial charge in [0.2, 0.25) is 6.41 Å². The Hall–Kier alpha value is -1.06. The van der Waals surface area contributed by atoms with Crippen molar-refractivity contribution in [3.05, 3.63) is 0 Å². The van der Waals surface area contributed by atoms with E-state index < -0.39 is 6.03 Å². The van der Waals surface area contributed by atoms with Gasteiger partial charge in [0.05, 0.1) is 0 Å². The van der Waals surface area contributed by atoms with Gasteiger partial charge < -0.3 is 5.32 Å². The van der Waals surface area contributed by atoms with Crippen molar-refractivity contribution in [2.24, 2.45) is 0 Å². The average molecular weight is 144 g/mol. The van der Waals surface area contributed by atoms with Crippen molar-refractivity contribution in [3.63, 3.8) is 0 Å². The van der Waals surface area contributed by atoms with E-state index in [1.807, 2.05) is 26.1 Å². The van der Waals surface area contributed by atoms with Crippen molar-refractivity contribution in [2.45, 2.75) is 26.3 Å². The molecule has 3 amide bonds. The molecule has 2 N–H and O–H groups in total. The third-order valence-corrected chi connectivity index (χ3v) is 0.679. The highest BCUT2D eigenvalue weighted by Gasteiger charge is 2.11. The molecule has 0 bridgehead atoms. The van der Waals surface area contributed by atoms with Crippen LogP contribution in [0.4, 0.5) is 4.79 Å². The molecular formula is C6H12N2O2. The van der Waals surface area contributed by atoms with Crippen molar-refractivity contribution < 1.29 is 9.59 Å². The van der Waals surface area contributed by atoms with Crippen LogP contribution in [0.3, 0.4) is 0 Å². The molecule has 0 aliphatic heterocycles. The zero-order valence-electron chi connectivity index (χ0n) is 6.39. The first kappa shape index (κ1) is 8.94. The Balaban J connectivity index is 3.68. The van der Waals surface area contributed by atoms with E-state index in [4.69, 9.17) is 0 Å². The van der Waals surface area contributed by atoms with Gasteiger partial charge in [-0.1, -0.05) is 0 Å². The standard InChI is InChI=1S/C6H12N2O2/c1-6(2,3)8-5(10)7-4-9/h4H,1-3H3,(H2,7,8,9,10). The molecule has 10 heavy (non-hydrogen) atoms. The first-order valence-corrected chi connectivity index (χ1v) is 2.98. The fourth-order valence-electron chi connectivity index (χ4n) is 0.430. The summed E-state index contributed by atoms with van der Waals surface area (Å²) >= 11 is 0. The number of amides is 3. The fraction of sp³-hybridized carbons (Fsp3) is 0.667. The van der Waals surface area contributed by atoms with Crippen molar-refractivity contribution in [1.29, 1.82) is 0 Å². The SMILES string of the molecule is CC(C)(C)NC(=O)NC=O. The molecule has 0 heterocycles. The maximum atomic E-state index is 10.6. The molecular weight excluding hydrogens is 132 g/mol. The zero-order valence-corrected chi connectivity index (χ0v) is 6.39. The molecule has 0 aliphatic carbocycles. The van der Waals surface area contributed by atoms with Crippen LogP contribution in [0.15, 0.2) is 0 Å². The third kappa shape index (κ3) is 5.08. The maximum Gasteiger partial charge on any atom is 0.321 e. The molecule has 0 rings (SSSR count). The van der Waals surface area contributed by atoms with Crippen LogP contribution < -0.4 is 10.6 Å². The lowest BCUT2D eigenvalue weighted by Gasteiger charge is -2.19. The Bertz CT molecular complexity index is 137. The number of carbonyl (C=O) groups excluding carboxylic acids is 2. The molecule has 0 fully saturated rings. The second kappa shape index (κ2) is 3.20. The fourth-order valence-corrected chi connectivity index (χ4v) is 0.430. The zero-order chi connectivity index (χ0) is 8.20. The summed E-state index contributed by atoms with van der Waals surface area (Å²) in [5.74, 6) is 0. The summed E-state index contributed by atoms with van der Waals surface area (Å²) in [7, 11) is 0. The van der Waals surface area contributed by atoms with E-state index in [0.29, 0.717) is 6.41 Å². The molecule has 0 radical (unpaired) electrons. The van der Waals surface area contributed by atoms with Crippen molar-refractivity contribution in [2.75, 3.05) is 0 Å². The number of rotatable bonds is 1. The topological polar surface area (TPSA) is 58.2 Å². The molecule has 0 saturated heterocycles. The summed E-state index contributed by atoms with van der Waals surface area (Å²) in [6.07, 6.45) is 0.348. The van der Waals surface area contributed by atoms with E-state index in [1.54, 1.807) is 0 Å². The molecule has 0 aromatic rings. The molecule has 4 heteroatoms. The lowest BCUT2D eigenvalue weighted by molar-refractivity contribution is -0.108. The van der Waals surface area contributed by atoms with Gasteiger partial charge in [0, 0.05) is 5.54 Å². The van der Waals surface area contributed by atoms with Gasteiger partial charge in [-0.05, 0) is 20.8 Å². The lowest BCUT2D eigenvalue weighted by atomic mass is 10.1. The van der Waals surface area contributed by atoms with Gasteiger partial charge >= 0.3 is 6.03 Å². The van der Waals surface area contributed by atoms with Crippen LogP contribution in [0.2, 0.25) is 0 Å². The summed E-state index contributed by atoms with van der Waals surface area (Å²) < 4.78 is 0. The van der Waals surface area contributed by atoms with Crippen LogP contribution >= 0.6 is 0 Å². The molecule has 0 spiro atoms. The smallest absolute Gasteiger partial charge is 0.321 e. The van der Waals surface area contributed by atoms with E-state index in [1.165, 1.54) is 0 Å². The first-order valence-electron chi connectivity index (χ1n) is 2.98. The normalized spacial score (nSPS) is 10.3. The highest BCUT2D eigenvalue weighted by molar-refractivity contribution is 5.84. The summed E-state index contributed by atoms with van der Waals surface area (Å²) in [6, 6.07) is -0.470. The largest absolute Gasteiger partial charge is 0.333 e. The minimum atomic E-state index is -0.470. The van der Waals surface area contributed by atoms with Crippen LogP contribution in [0.25, 0.3) is 0 Å². The van der Waals surface area contributed by atoms with E-state index in [2.05, 4.69) is 5.32 Å². The highest BCUT2D eigenvalue weighted by Crippen LogP contribution is 1.96. The molecule has 0 aromatic heterocycles. The summed E-state index contributed by atoms with van der Waals surface area (Å²) in [5, 5.41) is 4.51. The van der Waals surface area contributed by atoms with Gasteiger partial charge in [-0.3, -0.25) is 10.1 Å². The van der Waals surface area contributed by atoms with Crippen LogP contribution in [0.5, 0.6) is 0 Å². The Kier molecular flexibility index (Phi) is 2.86. The molecule has 0 aromatic carbocycles. The minimum Gasteiger partial charge on any atom is -0.333 e. The second-order valence-corrected chi connectivity index (χ2v) is 2.97. The molecule has 0 atom stereocenters. The summed E-state index contributed by atoms with van der Waals surface area (Å²) in [4.78, 5) is 20.3. The predicted octanol–water partition coefficient (Wildman–Crippen LogP) is 0.241. The summed E-state index contributed by atoms with van der Waals surface area (Å²) in [5.41, 5.74) is -0.299. The lowest BCUT2D eigenvalue weighted by Crippen LogP contribution is -2.45.